The van der Waals surface area contributed by atoms with Gasteiger partial charge in [0.15, 0.2) is 5.58 Å². The zero-order chi connectivity index (χ0) is 16.2. The number of oxazole rings is 1. The minimum absolute atomic E-state index is 0.120. The first-order chi connectivity index (χ1) is 11.2. The lowest BCUT2D eigenvalue weighted by Gasteiger charge is -2.10. The van der Waals surface area contributed by atoms with Gasteiger partial charge in [0.25, 0.3) is 5.22 Å². The summed E-state index contributed by atoms with van der Waals surface area (Å²) in [5.41, 5.74) is 2.20. The Kier molecular flexibility index (Phi) is 4.52. The molecule has 1 heterocycles. The number of aromatic nitrogens is 1. The van der Waals surface area contributed by atoms with Crippen LogP contribution in [0.4, 0.5) is 5.69 Å². The van der Waals surface area contributed by atoms with Crippen LogP contribution in [0.2, 0.25) is 0 Å². The number of fused-ring (bicyclic) bond motifs is 1. The quantitative estimate of drug-likeness (QED) is 0.718. The van der Waals surface area contributed by atoms with Crippen molar-refractivity contribution in [1.29, 1.82) is 0 Å². The van der Waals surface area contributed by atoms with E-state index in [0.717, 1.165) is 11.1 Å². The average Bonchev–Trinajstić information content (AvgIpc) is 2.97. The fourth-order valence-corrected chi connectivity index (χ4v) is 2.81. The lowest BCUT2D eigenvalue weighted by Crippen LogP contribution is -2.22. The van der Waals surface area contributed by atoms with Gasteiger partial charge in [-0.25, -0.2) is 4.98 Å². The summed E-state index contributed by atoms with van der Waals surface area (Å²) in [5, 5.41) is 3.01. The minimum atomic E-state index is -0.339. The normalized spacial score (nSPS) is 12.1. The highest BCUT2D eigenvalue weighted by Crippen LogP contribution is 2.27. The van der Waals surface area contributed by atoms with Crippen LogP contribution in [0, 0.1) is 0 Å². The third-order valence-corrected chi connectivity index (χ3v) is 4.20. The third-order valence-electron chi connectivity index (χ3n) is 3.26. The van der Waals surface area contributed by atoms with Crippen molar-refractivity contribution in [2.75, 3.05) is 12.4 Å². The molecule has 2 aromatic carbocycles. The Balaban J connectivity index is 1.67. The predicted molar refractivity (Wildman–Crippen MR) is 91.0 cm³/mol. The first-order valence-electron chi connectivity index (χ1n) is 7.13. The number of carbonyl (C=O) groups is 1. The Hall–Kier alpha value is -2.47. The van der Waals surface area contributed by atoms with Gasteiger partial charge in [-0.15, -0.1) is 0 Å². The Morgan fingerprint density at radius 3 is 2.87 bits per heavy atom. The molecule has 3 aromatic rings. The number of rotatable bonds is 5. The van der Waals surface area contributed by atoms with Gasteiger partial charge in [0.05, 0.1) is 12.4 Å². The van der Waals surface area contributed by atoms with Gasteiger partial charge in [0.2, 0.25) is 5.91 Å². The molecule has 23 heavy (non-hydrogen) atoms. The van der Waals surface area contributed by atoms with Gasteiger partial charge in [-0.1, -0.05) is 30.0 Å². The molecule has 0 aliphatic carbocycles. The Labute approximate surface area is 138 Å². The van der Waals surface area contributed by atoms with E-state index in [9.17, 15) is 4.79 Å². The lowest BCUT2D eigenvalue weighted by atomic mass is 10.3. The molecule has 1 aromatic heterocycles. The van der Waals surface area contributed by atoms with Crippen LogP contribution in [-0.4, -0.2) is 23.3 Å². The number of benzene rings is 2. The van der Waals surface area contributed by atoms with Crippen molar-refractivity contribution >= 4 is 34.5 Å². The molecule has 1 atom stereocenters. The maximum atomic E-state index is 12.3. The molecule has 5 nitrogen and oxygen atoms in total. The molecule has 0 radical (unpaired) electrons. The number of hydrogen-bond acceptors (Lipinski definition) is 5. The lowest BCUT2D eigenvalue weighted by molar-refractivity contribution is -0.115. The van der Waals surface area contributed by atoms with E-state index in [-0.39, 0.29) is 11.2 Å². The van der Waals surface area contributed by atoms with Gasteiger partial charge in [0, 0.05) is 11.8 Å². The van der Waals surface area contributed by atoms with E-state index >= 15 is 0 Å². The highest BCUT2D eigenvalue weighted by atomic mass is 32.2. The first-order valence-corrected chi connectivity index (χ1v) is 8.01. The molecular formula is C17H16N2O3S. The van der Waals surface area contributed by atoms with E-state index in [1.807, 2.05) is 49.4 Å². The molecule has 3 rings (SSSR count). The Morgan fingerprint density at radius 1 is 1.26 bits per heavy atom. The number of anilines is 1. The van der Waals surface area contributed by atoms with Crippen molar-refractivity contribution < 1.29 is 13.9 Å². The fourth-order valence-electron chi connectivity index (χ4n) is 2.05. The van der Waals surface area contributed by atoms with E-state index in [0.29, 0.717) is 16.7 Å². The number of ether oxygens (including phenoxy) is 1. The van der Waals surface area contributed by atoms with E-state index in [4.69, 9.17) is 9.15 Å². The molecule has 0 spiro atoms. The predicted octanol–water partition coefficient (Wildman–Crippen LogP) is 3.96. The number of hydrogen-bond donors (Lipinski definition) is 1. The summed E-state index contributed by atoms with van der Waals surface area (Å²) in [7, 11) is 1.59. The maximum Gasteiger partial charge on any atom is 0.257 e. The SMILES string of the molecule is COc1cccc(NC(=O)[C@@H](C)Sc2nc3ccccc3o2)c1. The summed E-state index contributed by atoms with van der Waals surface area (Å²) < 4.78 is 10.8. The van der Waals surface area contributed by atoms with E-state index < -0.39 is 0 Å². The van der Waals surface area contributed by atoms with Crippen molar-refractivity contribution in [3.8, 4) is 5.75 Å². The molecule has 0 aliphatic rings. The van der Waals surface area contributed by atoms with Crippen LogP contribution in [0.25, 0.3) is 11.1 Å². The molecule has 118 valence electrons. The van der Waals surface area contributed by atoms with Gasteiger partial charge in [-0.3, -0.25) is 4.79 Å². The molecular weight excluding hydrogens is 312 g/mol. The van der Waals surface area contributed by atoms with Crippen LogP contribution in [0.15, 0.2) is 58.2 Å². The summed E-state index contributed by atoms with van der Waals surface area (Å²) in [6.45, 7) is 1.81. The molecule has 1 amide bonds. The molecule has 0 bridgehead atoms. The number of methoxy groups -OCH3 is 1. The molecule has 1 N–H and O–H groups in total. The highest BCUT2D eigenvalue weighted by molar-refractivity contribution is 8.00. The van der Waals surface area contributed by atoms with Crippen molar-refractivity contribution in [3.05, 3.63) is 48.5 Å². The van der Waals surface area contributed by atoms with Crippen molar-refractivity contribution in [1.82, 2.24) is 4.98 Å². The number of carbonyl (C=O) groups excluding carboxylic acids is 1. The maximum absolute atomic E-state index is 12.3. The molecule has 0 saturated carbocycles. The van der Waals surface area contributed by atoms with E-state index in [1.54, 1.807) is 13.2 Å². The number of amides is 1. The van der Waals surface area contributed by atoms with Gasteiger partial charge < -0.3 is 14.5 Å². The van der Waals surface area contributed by atoms with Gasteiger partial charge in [-0.05, 0) is 31.2 Å². The highest BCUT2D eigenvalue weighted by Gasteiger charge is 2.18. The Bertz CT molecular complexity index is 798. The van der Waals surface area contributed by atoms with Gasteiger partial charge in [-0.2, -0.15) is 0 Å². The second kappa shape index (κ2) is 6.75. The fraction of sp³-hybridized carbons (Fsp3) is 0.176. The topological polar surface area (TPSA) is 64.4 Å². The zero-order valence-electron chi connectivity index (χ0n) is 12.8. The molecule has 0 aliphatic heterocycles. The summed E-state index contributed by atoms with van der Waals surface area (Å²) in [5.74, 6) is 0.576. The van der Waals surface area contributed by atoms with E-state index in [1.165, 1.54) is 11.8 Å². The zero-order valence-corrected chi connectivity index (χ0v) is 13.6. The standard InChI is InChI=1S/C17H16N2O3S/c1-11(16(20)18-12-6-5-7-13(10-12)21-2)23-17-19-14-8-3-4-9-15(14)22-17/h3-11H,1-2H3,(H,18,20)/t11-/m1/s1. The third kappa shape index (κ3) is 3.65. The summed E-state index contributed by atoms with van der Waals surface area (Å²) in [6, 6.07) is 14.8. The van der Waals surface area contributed by atoms with Crippen LogP contribution >= 0.6 is 11.8 Å². The Morgan fingerprint density at radius 2 is 2.09 bits per heavy atom. The van der Waals surface area contributed by atoms with Crippen molar-refractivity contribution in [2.24, 2.45) is 0 Å². The van der Waals surface area contributed by atoms with E-state index in [2.05, 4.69) is 10.3 Å². The molecule has 6 heteroatoms. The molecule has 0 saturated heterocycles. The summed E-state index contributed by atoms with van der Waals surface area (Å²) in [4.78, 5) is 16.7. The average molecular weight is 328 g/mol. The van der Waals surface area contributed by atoms with Gasteiger partial charge in [0.1, 0.15) is 11.3 Å². The van der Waals surface area contributed by atoms with Crippen LogP contribution in [0.1, 0.15) is 6.92 Å². The molecule has 0 unspecified atom stereocenters. The van der Waals surface area contributed by atoms with Crippen LogP contribution in [-0.2, 0) is 4.79 Å². The minimum Gasteiger partial charge on any atom is -0.497 e. The summed E-state index contributed by atoms with van der Waals surface area (Å²) >= 11 is 1.29. The number of thioether (sulfide) groups is 1. The monoisotopic (exact) mass is 328 g/mol. The number of nitrogens with one attached hydrogen (secondary N) is 1. The first kappa shape index (κ1) is 15.4. The van der Waals surface area contributed by atoms with Crippen LogP contribution in [0.5, 0.6) is 5.75 Å². The van der Waals surface area contributed by atoms with Crippen molar-refractivity contribution in [2.45, 2.75) is 17.4 Å². The number of nitrogens with zero attached hydrogens (tertiary/aromatic N) is 1. The van der Waals surface area contributed by atoms with Crippen LogP contribution < -0.4 is 10.1 Å². The van der Waals surface area contributed by atoms with Gasteiger partial charge >= 0.3 is 0 Å². The second-order valence-electron chi connectivity index (χ2n) is 4.93. The van der Waals surface area contributed by atoms with Crippen molar-refractivity contribution in [3.63, 3.8) is 0 Å². The largest absolute Gasteiger partial charge is 0.497 e. The summed E-state index contributed by atoms with van der Waals surface area (Å²) in [6.07, 6.45) is 0. The van der Waals surface area contributed by atoms with Crippen LogP contribution in [0.3, 0.4) is 0 Å². The number of para-hydroxylation sites is 2. The second-order valence-corrected chi connectivity index (χ2v) is 6.22. The molecule has 0 fully saturated rings. The smallest absolute Gasteiger partial charge is 0.257 e.